The lowest BCUT2D eigenvalue weighted by molar-refractivity contribution is -0.113. The van der Waals surface area contributed by atoms with Crippen molar-refractivity contribution in [3.05, 3.63) is 58.1 Å². The zero-order valence-electron chi connectivity index (χ0n) is 13.7. The van der Waals surface area contributed by atoms with Gasteiger partial charge in [0.1, 0.15) is 0 Å². The summed E-state index contributed by atoms with van der Waals surface area (Å²) in [6, 6.07) is 13.4. The fourth-order valence-corrected chi connectivity index (χ4v) is 2.95. The molecule has 25 heavy (non-hydrogen) atoms. The number of nitrogens with one attached hydrogen (secondary N) is 1. The van der Waals surface area contributed by atoms with Crippen molar-refractivity contribution in [3.63, 3.8) is 0 Å². The maximum atomic E-state index is 12.1. The Hall–Kier alpha value is -2.12. The van der Waals surface area contributed by atoms with E-state index in [0.29, 0.717) is 11.1 Å². The minimum Gasteiger partial charge on any atom is -0.411 e. The molecule has 3 rings (SSSR count). The number of hydrogen-bond donors (Lipinski definition) is 1. The smallest absolute Gasteiger partial charge is 0.277 e. The second-order valence-electron chi connectivity index (χ2n) is 5.52. The van der Waals surface area contributed by atoms with Crippen molar-refractivity contribution in [1.82, 2.24) is 10.2 Å². The van der Waals surface area contributed by atoms with E-state index in [4.69, 9.17) is 4.42 Å². The van der Waals surface area contributed by atoms with E-state index in [1.54, 1.807) is 0 Å². The van der Waals surface area contributed by atoms with Gasteiger partial charge in [-0.1, -0.05) is 33.8 Å². The van der Waals surface area contributed by atoms with Crippen LogP contribution in [0.3, 0.4) is 0 Å². The molecule has 1 amide bonds. The number of benzene rings is 2. The van der Waals surface area contributed by atoms with Crippen molar-refractivity contribution in [2.75, 3.05) is 11.1 Å². The number of hydrogen-bond acceptors (Lipinski definition) is 5. The van der Waals surface area contributed by atoms with E-state index >= 15 is 0 Å². The molecule has 0 aliphatic carbocycles. The van der Waals surface area contributed by atoms with E-state index in [0.717, 1.165) is 21.3 Å². The van der Waals surface area contributed by atoms with Crippen LogP contribution in [0.2, 0.25) is 0 Å². The number of amides is 1. The van der Waals surface area contributed by atoms with Crippen molar-refractivity contribution < 1.29 is 9.21 Å². The predicted molar refractivity (Wildman–Crippen MR) is 103 cm³/mol. The molecule has 2 aromatic carbocycles. The number of nitrogens with zero attached hydrogens (tertiary/aromatic N) is 2. The third-order valence-electron chi connectivity index (χ3n) is 3.62. The minimum absolute atomic E-state index is 0.114. The molecule has 5 nitrogen and oxygen atoms in total. The van der Waals surface area contributed by atoms with Crippen LogP contribution in [0.25, 0.3) is 11.5 Å². The number of thioether (sulfide) groups is 1. The lowest BCUT2D eigenvalue weighted by atomic mass is 10.1. The third kappa shape index (κ3) is 4.70. The van der Waals surface area contributed by atoms with Gasteiger partial charge in [0, 0.05) is 15.7 Å². The predicted octanol–water partition coefficient (Wildman–Crippen LogP) is 4.85. The highest BCUT2D eigenvalue weighted by Gasteiger charge is 2.11. The largest absolute Gasteiger partial charge is 0.411 e. The Kier molecular flexibility index (Phi) is 5.55. The number of anilines is 1. The third-order valence-corrected chi connectivity index (χ3v) is 4.96. The van der Waals surface area contributed by atoms with E-state index in [2.05, 4.69) is 31.4 Å². The Balaban J connectivity index is 1.57. The number of carbonyl (C=O) groups excluding carboxylic acids is 1. The van der Waals surface area contributed by atoms with Crippen LogP contribution >= 0.6 is 27.7 Å². The van der Waals surface area contributed by atoms with Gasteiger partial charge in [-0.25, -0.2) is 0 Å². The van der Waals surface area contributed by atoms with Crippen LogP contribution in [0.1, 0.15) is 11.1 Å². The van der Waals surface area contributed by atoms with Gasteiger partial charge in [-0.2, -0.15) is 0 Å². The molecule has 128 valence electrons. The normalized spacial score (nSPS) is 10.7. The molecule has 0 saturated heterocycles. The zero-order chi connectivity index (χ0) is 17.8. The number of aromatic nitrogens is 2. The van der Waals surface area contributed by atoms with Crippen LogP contribution < -0.4 is 5.32 Å². The second-order valence-corrected chi connectivity index (χ2v) is 7.36. The fourth-order valence-electron chi connectivity index (χ4n) is 2.12. The molecule has 0 radical (unpaired) electrons. The standard InChI is InChI=1S/C18H16BrN3O2S/c1-11-3-8-15(9-12(11)2)20-16(23)10-25-18-22-21-17(24-18)13-4-6-14(19)7-5-13/h3-9H,10H2,1-2H3,(H,20,23). The Morgan fingerprint density at radius 3 is 2.60 bits per heavy atom. The molecule has 1 N–H and O–H groups in total. The average molecular weight is 418 g/mol. The number of halogens is 1. The molecule has 7 heteroatoms. The lowest BCUT2D eigenvalue weighted by Gasteiger charge is -2.06. The maximum absolute atomic E-state index is 12.1. The van der Waals surface area contributed by atoms with Crippen molar-refractivity contribution in [3.8, 4) is 11.5 Å². The van der Waals surface area contributed by atoms with Crippen LogP contribution in [0.4, 0.5) is 5.69 Å². The first-order chi connectivity index (χ1) is 12.0. The Morgan fingerprint density at radius 2 is 1.88 bits per heavy atom. The SMILES string of the molecule is Cc1ccc(NC(=O)CSc2nnc(-c3ccc(Br)cc3)o2)cc1C. The summed E-state index contributed by atoms with van der Waals surface area (Å²) < 4.78 is 6.57. The van der Waals surface area contributed by atoms with Crippen LogP contribution in [0.15, 0.2) is 56.6 Å². The van der Waals surface area contributed by atoms with Crippen LogP contribution in [0.5, 0.6) is 0 Å². The van der Waals surface area contributed by atoms with Crippen molar-refractivity contribution in [1.29, 1.82) is 0 Å². The highest BCUT2D eigenvalue weighted by atomic mass is 79.9. The average Bonchev–Trinajstić information content (AvgIpc) is 3.06. The second kappa shape index (κ2) is 7.84. The molecule has 0 aliphatic rings. The van der Waals surface area contributed by atoms with Gasteiger partial charge in [-0.05, 0) is 61.4 Å². The van der Waals surface area contributed by atoms with Gasteiger partial charge < -0.3 is 9.73 Å². The molecule has 1 heterocycles. The Morgan fingerprint density at radius 1 is 1.12 bits per heavy atom. The molecule has 0 aliphatic heterocycles. The number of carbonyl (C=O) groups is 1. The van der Waals surface area contributed by atoms with Gasteiger partial charge in [-0.3, -0.25) is 4.79 Å². The van der Waals surface area contributed by atoms with Crippen molar-refractivity contribution in [2.24, 2.45) is 0 Å². The highest BCUT2D eigenvalue weighted by molar-refractivity contribution is 9.10. The molecule has 0 spiro atoms. The molecule has 0 atom stereocenters. The van der Waals surface area contributed by atoms with Gasteiger partial charge in [0.15, 0.2) is 0 Å². The van der Waals surface area contributed by atoms with Crippen molar-refractivity contribution >= 4 is 39.3 Å². The first-order valence-corrected chi connectivity index (χ1v) is 9.38. The minimum atomic E-state index is -0.114. The summed E-state index contributed by atoms with van der Waals surface area (Å²) in [5.41, 5.74) is 3.96. The number of aryl methyl sites for hydroxylation is 2. The van der Waals surface area contributed by atoms with Gasteiger partial charge in [0.05, 0.1) is 5.75 Å². The van der Waals surface area contributed by atoms with E-state index in [9.17, 15) is 4.79 Å². The molecular formula is C18H16BrN3O2S. The van der Waals surface area contributed by atoms with Crippen LogP contribution in [0, 0.1) is 13.8 Å². The molecule has 0 saturated carbocycles. The summed E-state index contributed by atoms with van der Waals surface area (Å²) in [4.78, 5) is 12.1. The quantitative estimate of drug-likeness (QED) is 0.601. The molecule has 0 fully saturated rings. The monoisotopic (exact) mass is 417 g/mol. The summed E-state index contributed by atoms with van der Waals surface area (Å²) in [6.07, 6.45) is 0. The van der Waals surface area contributed by atoms with Gasteiger partial charge in [-0.15, -0.1) is 10.2 Å². The summed E-state index contributed by atoms with van der Waals surface area (Å²) >= 11 is 4.60. The number of rotatable bonds is 5. The maximum Gasteiger partial charge on any atom is 0.277 e. The Labute approximate surface area is 158 Å². The fraction of sp³-hybridized carbons (Fsp3) is 0.167. The van der Waals surface area contributed by atoms with E-state index < -0.39 is 0 Å². The molecule has 1 aromatic heterocycles. The molecular weight excluding hydrogens is 402 g/mol. The van der Waals surface area contributed by atoms with E-state index in [1.807, 2.05) is 56.3 Å². The van der Waals surface area contributed by atoms with Crippen LogP contribution in [-0.2, 0) is 4.79 Å². The summed E-state index contributed by atoms with van der Waals surface area (Å²) in [6.45, 7) is 4.05. The van der Waals surface area contributed by atoms with E-state index in [-0.39, 0.29) is 11.7 Å². The molecule has 3 aromatic rings. The van der Waals surface area contributed by atoms with Crippen LogP contribution in [-0.4, -0.2) is 21.9 Å². The first kappa shape index (κ1) is 17.7. The van der Waals surface area contributed by atoms with Gasteiger partial charge >= 0.3 is 0 Å². The first-order valence-electron chi connectivity index (χ1n) is 7.60. The van der Waals surface area contributed by atoms with Gasteiger partial charge in [0.2, 0.25) is 11.8 Å². The zero-order valence-corrected chi connectivity index (χ0v) is 16.1. The highest BCUT2D eigenvalue weighted by Crippen LogP contribution is 2.24. The van der Waals surface area contributed by atoms with Crippen molar-refractivity contribution in [2.45, 2.75) is 19.1 Å². The lowest BCUT2D eigenvalue weighted by Crippen LogP contribution is -2.14. The van der Waals surface area contributed by atoms with Gasteiger partial charge in [0.25, 0.3) is 5.22 Å². The Bertz CT molecular complexity index is 894. The molecule has 0 bridgehead atoms. The topological polar surface area (TPSA) is 68.0 Å². The molecule has 0 unspecified atom stereocenters. The summed E-state index contributed by atoms with van der Waals surface area (Å²) in [5, 5.41) is 11.2. The summed E-state index contributed by atoms with van der Waals surface area (Å²) in [5.74, 6) is 0.524. The van der Waals surface area contributed by atoms with E-state index in [1.165, 1.54) is 17.3 Å². The summed E-state index contributed by atoms with van der Waals surface area (Å²) in [7, 11) is 0.